The third-order valence-electron chi connectivity index (χ3n) is 3.11. The van der Waals surface area contributed by atoms with Gasteiger partial charge in [0.2, 0.25) is 0 Å². The van der Waals surface area contributed by atoms with Crippen molar-refractivity contribution in [1.82, 2.24) is 5.32 Å². The van der Waals surface area contributed by atoms with E-state index in [4.69, 9.17) is 4.74 Å². The summed E-state index contributed by atoms with van der Waals surface area (Å²) in [7, 11) is 1.54. The Morgan fingerprint density at radius 3 is 2.38 bits per heavy atom. The van der Waals surface area contributed by atoms with Gasteiger partial charge in [-0.05, 0) is 31.5 Å². The zero-order valence-electron chi connectivity index (χ0n) is 13.6. The number of rotatable bonds is 6. The standard InChI is InChI=1S/C16H19F3N2O3/c1-4-12(20-3)13(15(23)24-5-2)14(22)21-11-8-6-7-10(9-11)16(17,18)19/h6-9,20H,4-5H2,1-3H3,(H,21,22)/b13-12+. The molecular weight excluding hydrogens is 325 g/mol. The Morgan fingerprint density at radius 1 is 1.21 bits per heavy atom. The van der Waals surface area contributed by atoms with Gasteiger partial charge in [0.25, 0.3) is 5.91 Å². The van der Waals surface area contributed by atoms with Gasteiger partial charge < -0.3 is 15.4 Å². The first-order valence-electron chi connectivity index (χ1n) is 7.31. The largest absolute Gasteiger partial charge is 0.462 e. The highest BCUT2D eigenvalue weighted by atomic mass is 19.4. The zero-order valence-corrected chi connectivity index (χ0v) is 13.6. The summed E-state index contributed by atoms with van der Waals surface area (Å²) in [6, 6.07) is 4.17. The predicted molar refractivity (Wildman–Crippen MR) is 83.1 cm³/mol. The lowest BCUT2D eigenvalue weighted by molar-refractivity contribution is -0.140. The molecule has 0 bridgehead atoms. The summed E-state index contributed by atoms with van der Waals surface area (Å²) in [5, 5.41) is 5.04. The lowest BCUT2D eigenvalue weighted by Gasteiger charge is -2.14. The Kier molecular flexibility index (Phi) is 6.82. The highest BCUT2D eigenvalue weighted by Crippen LogP contribution is 2.30. The molecule has 1 amide bonds. The van der Waals surface area contributed by atoms with Crippen molar-refractivity contribution in [3.8, 4) is 0 Å². The van der Waals surface area contributed by atoms with Crippen molar-refractivity contribution in [2.45, 2.75) is 26.4 Å². The van der Waals surface area contributed by atoms with E-state index >= 15 is 0 Å². The summed E-state index contributed by atoms with van der Waals surface area (Å²) >= 11 is 0. The number of ether oxygens (including phenoxy) is 1. The number of halogens is 3. The van der Waals surface area contributed by atoms with E-state index in [1.807, 2.05) is 0 Å². The molecule has 1 aromatic rings. The molecule has 2 N–H and O–H groups in total. The van der Waals surface area contributed by atoms with Gasteiger partial charge in [-0.2, -0.15) is 13.2 Å². The minimum atomic E-state index is -4.53. The Morgan fingerprint density at radius 2 is 1.88 bits per heavy atom. The van der Waals surface area contributed by atoms with Gasteiger partial charge in [0, 0.05) is 18.4 Å². The molecule has 0 atom stereocenters. The lowest BCUT2D eigenvalue weighted by Crippen LogP contribution is -2.27. The molecule has 0 heterocycles. The Bertz CT molecular complexity index is 634. The molecule has 1 rings (SSSR count). The number of carbonyl (C=O) groups excluding carboxylic acids is 2. The molecule has 0 saturated heterocycles. The molecule has 0 unspecified atom stereocenters. The minimum Gasteiger partial charge on any atom is -0.462 e. The summed E-state index contributed by atoms with van der Waals surface area (Å²) in [4.78, 5) is 24.4. The smallest absolute Gasteiger partial charge is 0.416 e. The number of allylic oxidation sites excluding steroid dienone is 1. The number of nitrogens with one attached hydrogen (secondary N) is 2. The first kappa shape index (κ1) is 19.5. The zero-order chi connectivity index (χ0) is 18.3. The average molecular weight is 344 g/mol. The van der Waals surface area contributed by atoms with Gasteiger partial charge in [0.1, 0.15) is 5.57 Å². The molecule has 0 spiro atoms. The van der Waals surface area contributed by atoms with Crippen LogP contribution in [0.5, 0.6) is 0 Å². The van der Waals surface area contributed by atoms with Crippen molar-refractivity contribution in [1.29, 1.82) is 0 Å². The molecule has 5 nitrogen and oxygen atoms in total. The van der Waals surface area contributed by atoms with Crippen LogP contribution in [-0.4, -0.2) is 25.5 Å². The van der Waals surface area contributed by atoms with Crippen molar-refractivity contribution in [2.24, 2.45) is 0 Å². The second-order valence-electron chi connectivity index (χ2n) is 4.71. The molecule has 8 heteroatoms. The Hall–Kier alpha value is -2.51. The quantitative estimate of drug-likeness (QED) is 0.360. The second kappa shape index (κ2) is 8.37. The average Bonchev–Trinajstić information content (AvgIpc) is 2.51. The molecule has 0 saturated carbocycles. The van der Waals surface area contributed by atoms with Crippen LogP contribution in [0.25, 0.3) is 0 Å². The van der Waals surface area contributed by atoms with Crippen LogP contribution in [0.3, 0.4) is 0 Å². The van der Waals surface area contributed by atoms with E-state index in [-0.39, 0.29) is 17.9 Å². The van der Waals surface area contributed by atoms with Crippen LogP contribution in [0, 0.1) is 0 Å². The number of amides is 1. The fourth-order valence-electron chi connectivity index (χ4n) is 2.00. The van der Waals surface area contributed by atoms with Gasteiger partial charge in [0.05, 0.1) is 12.2 Å². The molecule has 0 fully saturated rings. The van der Waals surface area contributed by atoms with Crippen LogP contribution in [-0.2, 0) is 20.5 Å². The van der Waals surface area contributed by atoms with E-state index in [1.165, 1.54) is 19.2 Å². The van der Waals surface area contributed by atoms with E-state index in [9.17, 15) is 22.8 Å². The summed E-state index contributed by atoms with van der Waals surface area (Å²) in [5.74, 6) is -1.67. The Labute approximate surface area is 137 Å². The van der Waals surface area contributed by atoms with Crippen molar-refractivity contribution in [3.63, 3.8) is 0 Å². The topological polar surface area (TPSA) is 67.4 Å². The van der Waals surface area contributed by atoms with Gasteiger partial charge in [-0.15, -0.1) is 0 Å². The summed E-state index contributed by atoms with van der Waals surface area (Å²) < 4.78 is 43.0. The minimum absolute atomic E-state index is 0.0665. The Balaban J connectivity index is 3.14. The molecule has 132 valence electrons. The number of carbonyl (C=O) groups is 2. The third-order valence-corrected chi connectivity index (χ3v) is 3.11. The lowest BCUT2D eigenvalue weighted by atomic mass is 10.1. The molecule has 0 aromatic heterocycles. The van der Waals surface area contributed by atoms with E-state index in [1.54, 1.807) is 13.8 Å². The first-order chi connectivity index (χ1) is 11.2. The molecule has 0 radical (unpaired) electrons. The van der Waals surface area contributed by atoms with Crippen molar-refractivity contribution in [3.05, 3.63) is 41.1 Å². The SMILES string of the molecule is CCOC(=O)/C(C(=O)Nc1cccc(C(F)(F)F)c1)=C(\CC)NC. The maximum absolute atomic E-state index is 12.7. The summed E-state index contributed by atoms with van der Waals surface area (Å²) in [6.45, 7) is 3.38. The normalized spacial score (nSPS) is 12.2. The highest BCUT2D eigenvalue weighted by Gasteiger charge is 2.31. The molecular formula is C16H19F3N2O3. The van der Waals surface area contributed by atoms with E-state index in [0.29, 0.717) is 12.1 Å². The van der Waals surface area contributed by atoms with Crippen LogP contribution in [0.15, 0.2) is 35.5 Å². The van der Waals surface area contributed by atoms with Crippen LogP contribution >= 0.6 is 0 Å². The number of hydrogen-bond acceptors (Lipinski definition) is 4. The van der Waals surface area contributed by atoms with Crippen LogP contribution in [0.2, 0.25) is 0 Å². The second-order valence-corrected chi connectivity index (χ2v) is 4.71. The molecule has 0 aliphatic heterocycles. The predicted octanol–water partition coefficient (Wildman–Crippen LogP) is 3.09. The molecule has 0 aliphatic carbocycles. The summed E-state index contributed by atoms with van der Waals surface area (Å²) in [5.41, 5.74) is -0.897. The van der Waals surface area contributed by atoms with Crippen LogP contribution < -0.4 is 10.6 Å². The van der Waals surface area contributed by atoms with Crippen LogP contribution in [0.4, 0.5) is 18.9 Å². The van der Waals surface area contributed by atoms with Gasteiger partial charge in [0.15, 0.2) is 0 Å². The van der Waals surface area contributed by atoms with E-state index < -0.39 is 23.6 Å². The molecule has 24 heavy (non-hydrogen) atoms. The monoisotopic (exact) mass is 344 g/mol. The fraction of sp³-hybridized carbons (Fsp3) is 0.375. The van der Waals surface area contributed by atoms with Crippen molar-refractivity contribution >= 4 is 17.6 Å². The van der Waals surface area contributed by atoms with Gasteiger partial charge >= 0.3 is 12.1 Å². The van der Waals surface area contributed by atoms with Gasteiger partial charge in [-0.1, -0.05) is 13.0 Å². The van der Waals surface area contributed by atoms with Gasteiger partial charge in [-0.3, -0.25) is 4.79 Å². The maximum Gasteiger partial charge on any atom is 0.416 e. The fourth-order valence-corrected chi connectivity index (χ4v) is 2.00. The van der Waals surface area contributed by atoms with Crippen LogP contribution in [0.1, 0.15) is 25.8 Å². The molecule has 1 aromatic carbocycles. The van der Waals surface area contributed by atoms with E-state index in [2.05, 4.69) is 10.6 Å². The number of benzene rings is 1. The maximum atomic E-state index is 12.7. The van der Waals surface area contributed by atoms with E-state index in [0.717, 1.165) is 12.1 Å². The first-order valence-corrected chi connectivity index (χ1v) is 7.31. The number of alkyl halides is 3. The summed E-state index contributed by atoms with van der Waals surface area (Å²) in [6.07, 6.45) is -4.18. The van der Waals surface area contributed by atoms with Crippen molar-refractivity contribution < 1.29 is 27.5 Å². The van der Waals surface area contributed by atoms with Crippen molar-refractivity contribution in [2.75, 3.05) is 19.0 Å². The highest BCUT2D eigenvalue weighted by molar-refractivity contribution is 6.21. The number of hydrogen-bond donors (Lipinski definition) is 2. The number of esters is 1. The van der Waals surface area contributed by atoms with Gasteiger partial charge in [-0.25, -0.2) is 4.79 Å². The number of anilines is 1. The molecule has 0 aliphatic rings. The third kappa shape index (κ3) is 5.00.